The zero-order chi connectivity index (χ0) is 31.5. The topological polar surface area (TPSA) is 124 Å². The van der Waals surface area contributed by atoms with E-state index in [0.29, 0.717) is 79.0 Å². The molecule has 0 saturated carbocycles. The summed E-state index contributed by atoms with van der Waals surface area (Å²) in [6.45, 7) is 14.4. The molecule has 2 rings (SSSR count). The van der Waals surface area contributed by atoms with E-state index in [2.05, 4.69) is 67.5 Å². The number of aryl methyl sites for hydroxylation is 2. The van der Waals surface area contributed by atoms with Gasteiger partial charge in [0.05, 0.1) is 66.1 Å². The molecule has 0 bridgehead atoms. The van der Waals surface area contributed by atoms with Crippen LogP contribution in [0.1, 0.15) is 30.5 Å². The second kappa shape index (κ2) is 21.3. The molecular weight excluding hydrogens is 552 g/mol. The van der Waals surface area contributed by atoms with Crippen LogP contribution in [0.25, 0.3) is 6.08 Å². The van der Waals surface area contributed by atoms with Gasteiger partial charge in [0.25, 0.3) is 0 Å². The second-order valence-corrected chi connectivity index (χ2v) is 10.4. The first-order chi connectivity index (χ1) is 20.9. The van der Waals surface area contributed by atoms with Crippen molar-refractivity contribution in [3.05, 3.63) is 57.7 Å². The smallest absolute Gasteiger partial charge is 0.200 e. The van der Waals surface area contributed by atoms with Crippen LogP contribution in [-0.4, -0.2) is 136 Å². The minimum atomic E-state index is -0.00170. The van der Waals surface area contributed by atoms with E-state index in [0.717, 1.165) is 11.4 Å². The molecule has 1 aliphatic rings. The molecule has 0 atom stereocenters. The van der Waals surface area contributed by atoms with Gasteiger partial charge < -0.3 is 44.3 Å². The van der Waals surface area contributed by atoms with E-state index in [1.165, 1.54) is 33.4 Å². The van der Waals surface area contributed by atoms with Crippen molar-refractivity contribution in [3.63, 3.8) is 0 Å². The number of hydrogen-bond donors (Lipinski definition) is 4. The van der Waals surface area contributed by atoms with Gasteiger partial charge in [-0.25, -0.2) is 4.58 Å². The number of aliphatic hydroxyl groups excluding tert-OH is 4. The van der Waals surface area contributed by atoms with Crippen LogP contribution in [0, 0.1) is 13.8 Å². The summed E-state index contributed by atoms with van der Waals surface area (Å²) in [6.07, 6.45) is 6.65. The number of anilines is 1. The van der Waals surface area contributed by atoms with Crippen molar-refractivity contribution in [2.24, 2.45) is 0 Å². The molecule has 0 heterocycles. The zero-order valence-corrected chi connectivity index (χ0v) is 26.5. The van der Waals surface area contributed by atoms with Crippen LogP contribution in [0.3, 0.4) is 0 Å². The number of aliphatic hydroxyl groups is 4. The lowest BCUT2D eigenvalue weighted by molar-refractivity contribution is -0.532. The van der Waals surface area contributed by atoms with Gasteiger partial charge in [0.1, 0.15) is 13.2 Å². The van der Waals surface area contributed by atoms with Gasteiger partial charge in [0, 0.05) is 30.9 Å². The average Bonchev–Trinajstić information content (AvgIpc) is 2.98. The zero-order valence-electron chi connectivity index (χ0n) is 26.5. The third-order valence-corrected chi connectivity index (χ3v) is 7.14. The van der Waals surface area contributed by atoms with E-state index in [1.54, 1.807) is 0 Å². The number of benzene rings is 1. The van der Waals surface area contributed by atoms with E-state index < -0.39 is 0 Å². The molecule has 0 fully saturated rings. The normalized spacial score (nSPS) is 13.3. The molecule has 1 aromatic carbocycles. The number of rotatable bonds is 22. The monoisotopic (exact) mass is 605 g/mol. The van der Waals surface area contributed by atoms with Gasteiger partial charge in [-0.15, -0.1) is 0 Å². The Bertz CT molecular complexity index is 1020. The Hall–Kier alpha value is -2.41. The molecule has 1 aliphatic carbocycles. The van der Waals surface area contributed by atoms with Crippen molar-refractivity contribution in [1.82, 2.24) is 0 Å². The van der Waals surface area contributed by atoms with Gasteiger partial charge in [-0.1, -0.05) is 0 Å². The highest BCUT2D eigenvalue weighted by molar-refractivity contribution is 6.04. The summed E-state index contributed by atoms with van der Waals surface area (Å²) >= 11 is 0. The summed E-state index contributed by atoms with van der Waals surface area (Å²) in [7, 11) is 0. The predicted octanol–water partition coefficient (Wildman–Crippen LogP) is 1.89. The minimum absolute atomic E-state index is 0.00170. The third-order valence-electron chi connectivity index (χ3n) is 7.14. The standard InChI is InChI=1S/C33H53N2O8/c1-26-21-30(34(5-13-40-17-9-36)6-14-41-18-10-37)22-27(2)32(26)25-33-28(3)23-31(24-29(33)4)35(7-15-42-19-11-38)8-16-43-20-12-39/h21-25,36-39H,5-20H2,1-4H3/q+1. The fourth-order valence-electron chi connectivity index (χ4n) is 4.97. The SMILES string of the molecule is CC1=CC(=[N+](CCOCCO)CCOCCO)C=C(C)C1=Cc1c(C)cc(N(CCOCCO)CCOCCO)cc1C. The van der Waals surface area contributed by atoms with Gasteiger partial charge in [-0.2, -0.15) is 0 Å². The second-order valence-electron chi connectivity index (χ2n) is 10.4. The average molecular weight is 606 g/mol. The molecule has 0 amide bonds. The molecule has 1 aromatic rings. The van der Waals surface area contributed by atoms with Gasteiger partial charge in [-0.05, 0) is 79.3 Å². The summed E-state index contributed by atoms with van der Waals surface area (Å²) in [5, 5.41) is 36.2. The largest absolute Gasteiger partial charge is 0.394 e. The summed E-state index contributed by atoms with van der Waals surface area (Å²) < 4.78 is 24.3. The van der Waals surface area contributed by atoms with E-state index in [-0.39, 0.29) is 26.4 Å². The summed E-state index contributed by atoms with van der Waals surface area (Å²) in [5.74, 6) is 0. The number of hydrogen-bond acceptors (Lipinski definition) is 9. The lowest BCUT2D eigenvalue weighted by atomic mass is 9.89. The van der Waals surface area contributed by atoms with Crippen molar-refractivity contribution in [1.29, 1.82) is 0 Å². The highest BCUT2D eigenvalue weighted by Gasteiger charge is 2.20. The quantitative estimate of drug-likeness (QED) is 0.116. The molecule has 0 radical (unpaired) electrons. The molecule has 0 unspecified atom stereocenters. The summed E-state index contributed by atoms with van der Waals surface area (Å²) in [4.78, 5) is 2.22. The van der Waals surface area contributed by atoms with Crippen LogP contribution < -0.4 is 4.90 Å². The molecular formula is C33H53N2O8+. The van der Waals surface area contributed by atoms with Gasteiger partial charge in [-0.3, -0.25) is 0 Å². The van der Waals surface area contributed by atoms with Crippen molar-refractivity contribution in [3.8, 4) is 0 Å². The van der Waals surface area contributed by atoms with Crippen molar-refractivity contribution < 1.29 is 43.9 Å². The highest BCUT2D eigenvalue weighted by atomic mass is 16.5. The molecule has 0 spiro atoms. The fraction of sp³-hybridized carbons (Fsp3) is 0.606. The lowest BCUT2D eigenvalue weighted by Crippen LogP contribution is -2.31. The van der Waals surface area contributed by atoms with Crippen LogP contribution in [-0.2, 0) is 18.9 Å². The Kier molecular flexibility index (Phi) is 18.2. The first kappa shape index (κ1) is 36.8. The predicted molar refractivity (Wildman–Crippen MR) is 170 cm³/mol. The molecule has 0 aromatic heterocycles. The van der Waals surface area contributed by atoms with Crippen LogP contribution in [0.5, 0.6) is 0 Å². The van der Waals surface area contributed by atoms with Crippen LogP contribution in [0.4, 0.5) is 5.69 Å². The molecule has 0 aliphatic heterocycles. The maximum Gasteiger partial charge on any atom is 0.200 e. The lowest BCUT2D eigenvalue weighted by Gasteiger charge is -2.26. The Balaban J connectivity index is 2.31. The first-order valence-corrected chi connectivity index (χ1v) is 15.2. The first-order valence-electron chi connectivity index (χ1n) is 15.2. The maximum atomic E-state index is 9.05. The Morgan fingerprint density at radius 2 is 1.05 bits per heavy atom. The highest BCUT2D eigenvalue weighted by Crippen LogP contribution is 2.30. The van der Waals surface area contributed by atoms with E-state index in [1.807, 2.05) is 0 Å². The maximum absolute atomic E-state index is 9.05. The van der Waals surface area contributed by atoms with E-state index in [4.69, 9.17) is 39.4 Å². The molecule has 10 nitrogen and oxygen atoms in total. The van der Waals surface area contributed by atoms with Gasteiger partial charge in [0.2, 0.25) is 5.71 Å². The molecule has 10 heteroatoms. The molecule has 242 valence electrons. The van der Waals surface area contributed by atoms with Crippen LogP contribution >= 0.6 is 0 Å². The third kappa shape index (κ3) is 13.0. The van der Waals surface area contributed by atoms with Crippen molar-refractivity contribution in [2.75, 3.05) is 110 Å². The van der Waals surface area contributed by atoms with Crippen LogP contribution in [0.15, 0.2) is 41.0 Å². The fourth-order valence-corrected chi connectivity index (χ4v) is 4.97. The van der Waals surface area contributed by atoms with Crippen molar-refractivity contribution >= 4 is 17.5 Å². The number of nitrogens with zero attached hydrogens (tertiary/aromatic N) is 2. The van der Waals surface area contributed by atoms with Crippen LogP contribution in [0.2, 0.25) is 0 Å². The number of allylic oxidation sites excluding steroid dienone is 5. The van der Waals surface area contributed by atoms with Gasteiger partial charge >= 0.3 is 0 Å². The molecule has 43 heavy (non-hydrogen) atoms. The minimum Gasteiger partial charge on any atom is -0.394 e. The number of ether oxygens (including phenoxy) is 4. The Morgan fingerprint density at radius 1 is 0.628 bits per heavy atom. The summed E-state index contributed by atoms with van der Waals surface area (Å²) in [6, 6.07) is 4.38. The summed E-state index contributed by atoms with van der Waals surface area (Å²) in [5.41, 5.74) is 9.19. The van der Waals surface area contributed by atoms with Gasteiger partial charge in [0.15, 0.2) is 13.1 Å². The Labute approximate surface area is 257 Å². The van der Waals surface area contributed by atoms with E-state index in [9.17, 15) is 0 Å². The Morgan fingerprint density at radius 3 is 1.47 bits per heavy atom. The molecule has 4 N–H and O–H groups in total. The van der Waals surface area contributed by atoms with E-state index >= 15 is 0 Å². The van der Waals surface area contributed by atoms with Crippen molar-refractivity contribution in [2.45, 2.75) is 27.7 Å². The molecule has 0 saturated heterocycles.